The van der Waals surface area contributed by atoms with Crippen molar-refractivity contribution in [3.8, 4) is 0 Å². The molecule has 0 aliphatic heterocycles. The van der Waals surface area contributed by atoms with Crippen molar-refractivity contribution in [1.82, 2.24) is 0 Å². The quantitative estimate of drug-likeness (QED) is 0.0513. The van der Waals surface area contributed by atoms with Crippen LogP contribution in [0.1, 0.15) is 181 Å². The zero-order chi connectivity index (χ0) is 29.4. The molecule has 0 radical (unpaired) electrons. The molecule has 0 fully saturated rings. The molecule has 5 heteroatoms. The number of esters is 2. The van der Waals surface area contributed by atoms with E-state index in [0.717, 1.165) is 44.9 Å². The molecule has 0 aromatic carbocycles. The normalized spacial score (nSPS) is 12.2. The summed E-state index contributed by atoms with van der Waals surface area (Å²) in [5.41, 5.74) is 0. The lowest BCUT2D eigenvalue weighted by molar-refractivity contribution is -0.161. The van der Waals surface area contributed by atoms with E-state index < -0.39 is 6.10 Å². The molecule has 0 heterocycles. The smallest absolute Gasteiger partial charge is 0.306 e. The molecule has 1 atom stereocenters. The molecule has 0 amide bonds. The van der Waals surface area contributed by atoms with Crippen molar-refractivity contribution in [1.29, 1.82) is 0 Å². The molecule has 1 N–H and O–H groups in total. The highest BCUT2D eigenvalue weighted by Crippen LogP contribution is 2.14. The van der Waals surface area contributed by atoms with Gasteiger partial charge in [0.1, 0.15) is 6.61 Å². The fraction of sp³-hybridized carbons (Fsp3) is 0.886. The van der Waals surface area contributed by atoms with Crippen LogP contribution in [0, 0.1) is 0 Å². The lowest BCUT2D eigenvalue weighted by Gasteiger charge is -2.15. The Kier molecular flexibility index (Phi) is 31.1. The number of allylic oxidation sites excluding steroid dienone is 2. The van der Waals surface area contributed by atoms with Crippen LogP contribution in [0.15, 0.2) is 12.2 Å². The Morgan fingerprint density at radius 1 is 0.550 bits per heavy atom. The minimum Gasteiger partial charge on any atom is -0.462 e. The average molecular weight is 567 g/mol. The zero-order valence-electron chi connectivity index (χ0n) is 26.6. The molecule has 5 nitrogen and oxygen atoms in total. The summed E-state index contributed by atoms with van der Waals surface area (Å²) in [6, 6.07) is 0. The van der Waals surface area contributed by atoms with E-state index in [1.54, 1.807) is 0 Å². The van der Waals surface area contributed by atoms with Gasteiger partial charge in [-0.1, -0.05) is 142 Å². The van der Waals surface area contributed by atoms with Crippen LogP contribution in [0.4, 0.5) is 0 Å². The average Bonchev–Trinajstić information content (AvgIpc) is 2.96. The van der Waals surface area contributed by atoms with Crippen molar-refractivity contribution in [2.45, 2.75) is 187 Å². The first-order valence-electron chi connectivity index (χ1n) is 17.2. The van der Waals surface area contributed by atoms with Gasteiger partial charge < -0.3 is 14.6 Å². The first-order valence-corrected chi connectivity index (χ1v) is 17.2. The maximum Gasteiger partial charge on any atom is 0.306 e. The summed E-state index contributed by atoms with van der Waals surface area (Å²) in [5.74, 6) is -0.596. The van der Waals surface area contributed by atoms with Gasteiger partial charge in [0.25, 0.3) is 0 Å². The van der Waals surface area contributed by atoms with Crippen molar-refractivity contribution in [2.24, 2.45) is 0 Å². The summed E-state index contributed by atoms with van der Waals surface area (Å²) in [7, 11) is 0. The van der Waals surface area contributed by atoms with Gasteiger partial charge in [-0.3, -0.25) is 9.59 Å². The molecule has 0 spiro atoms. The molecule has 0 aliphatic carbocycles. The van der Waals surface area contributed by atoms with Gasteiger partial charge in [-0.05, 0) is 38.5 Å². The highest BCUT2D eigenvalue weighted by Gasteiger charge is 2.16. The van der Waals surface area contributed by atoms with E-state index in [0.29, 0.717) is 12.8 Å². The van der Waals surface area contributed by atoms with Crippen molar-refractivity contribution in [3.63, 3.8) is 0 Å². The van der Waals surface area contributed by atoms with Crippen LogP contribution in [-0.2, 0) is 19.1 Å². The van der Waals surface area contributed by atoms with Crippen LogP contribution in [-0.4, -0.2) is 36.4 Å². The molecule has 0 saturated carbocycles. The Hall–Kier alpha value is -1.36. The molecule has 40 heavy (non-hydrogen) atoms. The number of unbranched alkanes of at least 4 members (excludes halogenated alkanes) is 21. The highest BCUT2D eigenvalue weighted by molar-refractivity contribution is 5.70. The molecule has 0 aliphatic rings. The maximum absolute atomic E-state index is 12.1. The summed E-state index contributed by atoms with van der Waals surface area (Å²) in [5, 5.41) is 9.50. The van der Waals surface area contributed by atoms with Crippen LogP contribution in [0.3, 0.4) is 0 Å². The molecule has 0 aromatic heterocycles. The molecular formula is C35H66O5. The first kappa shape index (κ1) is 38.6. The fourth-order valence-corrected chi connectivity index (χ4v) is 4.90. The highest BCUT2D eigenvalue weighted by atomic mass is 16.6. The summed E-state index contributed by atoms with van der Waals surface area (Å²) in [6.07, 6.45) is 34.0. The van der Waals surface area contributed by atoms with Gasteiger partial charge in [0.2, 0.25) is 0 Å². The molecule has 0 unspecified atom stereocenters. The Morgan fingerprint density at radius 2 is 0.925 bits per heavy atom. The van der Waals surface area contributed by atoms with E-state index >= 15 is 0 Å². The minimum atomic E-state index is -0.766. The number of aliphatic hydroxyl groups excluding tert-OH is 1. The van der Waals surface area contributed by atoms with Crippen LogP contribution >= 0.6 is 0 Å². The van der Waals surface area contributed by atoms with E-state index in [4.69, 9.17) is 9.47 Å². The molecule has 0 aromatic rings. The van der Waals surface area contributed by atoms with Gasteiger partial charge in [-0.25, -0.2) is 0 Å². The van der Waals surface area contributed by atoms with Gasteiger partial charge >= 0.3 is 11.9 Å². The Morgan fingerprint density at radius 3 is 1.40 bits per heavy atom. The van der Waals surface area contributed by atoms with Gasteiger partial charge in [-0.2, -0.15) is 0 Å². The summed E-state index contributed by atoms with van der Waals surface area (Å²) in [6.45, 7) is 4.10. The fourth-order valence-electron chi connectivity index (χ4n) is 4.90. The lowest BCUT2D eigenvalue weighted by atomic mass is 10.0. The van der Waals surface area contributed by atoms with E-state index in [2.05, 4.69) is 26.0 Å². The largest absolute Gasteiger partial charge is 0.462 e. The second-order valence-electron chi connectivity index (χ2n) is 11.6. The Labute approximate surface area is 248 Å². The van der Waals surface area contributed by atoms with Gasteiger partial charge in [-0.15, -0.1) is 0 Å². The number of aliphatic hydroxyl groups is 1. The molecular weight excluding hydrogens is 500 g/mol. The Bertz CT molecular complexity index is 574. The number of rotatable bonds is 31. The molecule has 0 bridgehead atoms. The first-order chi connectivity index (χ1) is 19.6. The second-order valence-corrected chi connectivity index (χ2v) is 11.6. The van der Waals surface area contributed by atoms with Crippen LogP contribution in [0.5, 0.6) is 0 Å². The zero-order valence-corrected chi connectivity index (χ0v) is 26.6. The second kappa shape index (κ2) is 32.2. The number of carbonyl (C=O) groups is 2. The van der Waals surface area contributed by atoms with Crippen molar-refractivity contribution >= 4 is 11.9 Å². The summed E-state index contributed by atoms with van der Waals surface area (Å²) in [4.78, 5) is 24.1. The minimum absolute atomic E-state index is 0.0651. The molecule has 0 rings (SSSR count). The lowest BCUT2D eigenvalue weighted by Crippen LogP contribution is -2.28. The van der Waals surface area contributed by atoms with Crippen LogP contribution < -0.4 is 0 Å². The van der Waals surface area contributed by atoms with E-state index in [1.807, 2.05) is 0 Å². The number of carbonyl (C=O) groups excluding carboxylic acids is 2. The third-order valence-electron chi connectivity index (χ3n) is 7.56. The van der Waals surface area contributed by atoms with E-state index in [-0.39, 0.29) is 25.2 Å². The predicted molar refractivity (Wildman–Crippen MR) is 168 cm³/mol. The number of hydrogen-bond acceptors (Lipinski definition) is 5. The molecule has 236 valence electrons. The third kappa shape index (κ3) is 29.6. The number of ether oxygens (including phenoxy) is 2. The van der Waals surface area contributed by atoms with Gasteiger partial charge in [0.15, 0.2) is 6.10 Å². The summed E-state index contributed by atoms with van der Waals surface area (Å²) < 4.78 is 10.5. The van der Waals surface area contributed by atoms with Gasteiger partial charge in [0, 0.05) is 12.8 Å². The van der Waals surface area contributed by atoms with Gasteiger partial charge in [0.05, 0.1) is 6.61 Å². The predicted octanol–water partition coefficient (Wildman–Crippen LogP) is 10.2. The van der Waals surface area contributed by atoms with E-state index in [1.165, 1.54) is 109 Å². The monoisotopic (exact) mass is 566 g/mol. The third-order valence-corrected chi connectivity index (χ3v) is 7.56. The topological polar surface area (TPSA) is 72.8 Å². The van der Waals surface area contributed by atoms with Crippen LogP contribution in [0.2, 0.25) is 0 Å². The van der Waals surface area contributed by atoms with E-state index in [9.17, 15) is 14.7 Å². The van der Waals surface area contributed by atoms with Crippen molar-refractivity contribution in [2.75, 3.05) is 13.2 Å². The number of hydrogen-bond donors (Lipinski definition) is 1. The van der Waals surface area contributed by atoms with Crippen LogP contribution in [0.25, 0.3) is 0 Å². The standard InChI is InChI=1S/C35H66O5/c1-3-5-7-9-11-13-15-17-18-20-22-24-26-28-30-35(38)40-33(31-36)32-39-34(37)29-27-25-23-21-19-16-14-12-10-8-6-4-2/h12,14,33,36H,3-11,13,15-32H2,1-2H3/b14-12+/t33-/m0/s1. The van der Waals surface area contributed by atoms with Crippen molar-refractivity contribution in [3.05, 3.63) is 12.2 Å². The summed E-state index contributed by atoms with van der Waals surface area (Å²) >= 11 is 0. The maximum atomic E-state index is 12.1. The molecule has 0 saturated heterocycles. The van der Waals surface area contributed by atoms with Crippen molar-refractivity contribution < 1.29 is 24.2 Å². The SMILES string of the molecule is CCCCC/C=C/CCCCCCCC(=O)OC[C@H](CO)OC(=O)CCCCCCCCCCCCCCCC. The Balaban J connectivity index is 3.56.